The zero-order valence-electron chi connectivity index (χ0n) is 12.0. The third-order valence-corrected chi connectivity index (χ3v) is 3.80. The number of nitrogens with zero attached hydrogens (tertiary/aromatic N) is 1. The molecule has 1 aromatic heterocycles. The Labute approximate surface area is 127 Å². The first-order valence-electron chi connectivity index (χ1n) is 6.52. The lowest BCUT2D eigenvalue weighted by atomic mass is 9.87. The molecular formula is C16H19BrN2O. The summed E-state index contributed by atoms with van der Waals surface area (Å²) >= 11 is 3.23. The summed E-state index contributed by atoms with van der Waals surface area (Å²) in [5, 5.41) is 0. The van der Waals surface area contributed by atoms with Crippen molar-refractivity contribution in [3.63, 3.8) is 0 Å². The Hall–Kier alpha value is -1.55. The number of hydrogen-bond acceptors (Lipinski definition) is 2. The highest BCUT2D eigenvalue weighted by atomic mass is 79.9. The summed E-state index contributed by atoms with van der Waals surface area (Å²) in [6, 6.07) is 9.97. The molecule has 0 unspecified atom stereocenters. The Kier molecular flexibility index (Phi) is 4.04. The number of anilines is 1. The third-order valence-electron chi connectivity index (χ3n) is 3.24. The predicted molar refractivity (Wildman–Crippen MR) is 87.1 cm³/mol. The lowest BCUT2D eigenvalue weighted by molar-refractivity contribution is 0.589. The fourth-order valence-corrected chi connectivity index (χ4v) is 2.54. The van der Waals surface area contributed by atoms with Crippen LogP contribution in [0.1, 0.15) is 31.9 Å². The highest BCUT2D eigenvalue weighted by molar-refractivity contribution is 9.10. The van der Waals surface area contributed by atoms with Crippen molar-refractivity contribution in [3.05, 3.63) is 62.5 Å². The first-order chi connectivity index (χ1) is 9.27. The van der Waals surface area contributed by atoms with Crippen LogP contribution in [0.3, 0.4) is 0 Å². The molecule has 2 rings (SSSR count). The van der Waals surface area contributed by atoms with E-state index >= 15 is 0 Å². The van der Waals surface area contributed by atoms with Crippen molar-refractivity contribution < 1.29 is 0 Å². The molecule has 2 aromatic rings. The molecule has 1 aromatic carbocycles. The molecule has 3 nitrogen and oxygen atoms in total. The Morgan fingerprint density at radius 1 is 1.20 bits per heavy atom. The molecule has 4 heteroatoms. The van der Waals surface area contributed by atoms with E-state index in [4.69, 9.17) is 5.73 Å². The topological polar surface area (TPSA) is 48.0 Å². The summed E-state index contributed by atoms with van der Waals surface area (Å²) in [6.45, 7) is 7.07. The van der Waals surface area contributed by atoms with E-state index in [1.54, 1.807) is 16.8 Å². The molecule has 0 bridgehead atoms. The van der Waals surface area contributed by atoms with Gasteiger partial charge in [-0.15, -0.1) is 0 Å². The van der Waals surface area contributed by atoms with Crippen molar-refractivity contribution in [1.29, 1.82) is 0 Å². The number of pyridine rings is 1. The maximum Gasteiger partial charge on any atom is 0.265 e. The lowest BCUT2D eigenvalue weighted by Gasteiger charge is -2.19. The van der Waals surface area contributed by atoms with E-state index in [1.807, 2.05) is 0 Å². The van der Waals surface area contributed by atoms with Crippen molar-refractivity contribution in [2.24, 2.45) is 0 Å². The molecule has 106 valence electrons. The highest BCUT2D eigenvalue weighted by Gasteiger charge is 2.13. The maximum absolute atomic E-state index is 12.0. The van der Waals surface area contributed by atoms with Gasteiger partial charge in [0.05, 0.1) is 11.0 Å². The van der Waals surface area contributed by atoms with Gasteiger partial charge in [0.2, 0.25) is 0 Å². The standard InChI is InChI=1S/C16H19BrN2O/c1-16(2,3)12-6-4-11(5-7-12)9-19-10-13(18)8-14(17)15(19)20/h4-8,10H,9,18H2,1-3H3. The van der Waals surface area contributed by atoms with Crippen LogP contribution in [0, 0.1) is 0 Å². The van der Waals surface area contributed by atoms with Crippen molar-refractivity contribution in [2.45, 2.75) is 32.7 Å². The Bertz CT molecular complexity index is 666. The molecule has 0 saturated carbocycles. The summed E-state index contributed by atoms with van der Waals surface area (Å²) < 4.78 is 2.11. The molecule has 0 aliphatic carbocycles. The number of nitrogen functional groups attached to an aromatic ring is 1. The average molecular weight is 335 g/mol. The summed E-state index contributed by atoms with van der Waals surface area (Å²) in [4.78, 5) is 12.0. The highest BCUT2D eigenvalue weighted by Crippen LogP contribution is 2.22. The first kappa shape index (κ1) is 14.9. The third kappa shape index (κ3) is 3.31. The van der Waals surface area contributed by atoms with Gasteiger partial charge in [0.1, 0.15) is 0 Å². The zero-order chi connectivity index (χ0) is 14.9. The van der Waals surface area contributed by atoms with Gasteiger partial charge < -0.3 is 10.3 Å². The second kappa shape index (κ2) is 5.44. The van der Waals surface area contributed by atoms with Crippen LogP contribution in [0.4, 0.5) is 5.69 Å². The van der Waals surface area contributed by atoms with Crippen LogP contribution < -0.4 is 11.3 Å². The summed E-state index contributed by atoms with van der Waals surface area (Å²) in [5.74, 6) is 0. The minimum absolute atomic E-state index is 0.0703. The minimum Gasteiger partial charge on any atom is -0.398 e. The maximum atomic E-state index is 12.0. The number of rotatable bonds is 2. The van der Waals surface area contributed by atoms with E-state index in [0.717, 1.165) is 5.56 Å². The van der Waals surface area contributed by atoms with Gasteiger partial charge in [-0.1, -0.05) is 45.0 Å². The molecule has 2 N–H and O–H groups in total. The van der Waals surface area contributed by atoms with Crippen LogP contribution in [0.5, 0.6) is 0 Å². The monoisotopic (exact) mass is 334 g/mol. The Morgan fingerprint density at radius 3 is 2.35 bits per heavy atom. The van der Waals surface area contributed by atoms with Gasteiger partial charge in [-0.3, -0.25) is 4.79 Å². The fourth-order valence-electron chi connectivity index (χ4n) is 2.05. The van der Waals surface area contributed by atoms with Gasteiger partial charge in [0.25, 0.3) is 5.56 Å². The molecule has 0 aliphatic heterocycles. The first-order valence-corrected chi connectivity index (χ1v) is 7.31. The molecule has 0 saturated heterocycles. The van der Waals surface area contributed by atoms with Gasteiger partial charge in [0.15, 0.2) is 0 Å². The number of halogens is 1. The van der Waals surface area contributed by atoms with E-state index < -0.39 is 0 Å². The van der Waals surface area contributed by atoms with E-state index in [1.165, 1.54) is 5.56 Å². The molecule has 0 atom stereocenters. The largest absolute Gasteiger partial charge is 0.398 e. The van der Waals surface area contributed by atoms with E-state index in [2.05, 4.69) is 61.0 Å². The summed E-state index contributed by atoms with van der Waals surface area (Å²) in [5.41, 5.74) is 8.77. The average Bonchev–Trinajstić information content (AvgIpc) is 2.35. The van der Waals surface area contributed by atoms with Crippen molar-refractivity contribution in [2.75, 3.05) is 5.73 Å². The molecule has 1 heterocycles. The predicted octanol–water partition coefficient (Wildman–Crippen LogP) is 3.54. The number of hydrogen-bond donors (Lipinski definition) is 1. The van der Waals surface area contributed by atoms with Crippen LogP contribution >= 0.6 is 15.9 Å². The molecule has 0 spiro atoms. The minimum atomic E-state index is -0.0703. The molecule has 0 aliphatic rings. The van der Waals surface area contributed by atoms with Gasteiger partial charge in [0, 0.05) is 11.9 Å². The van der Waals surface area contributed by atoms with Crippen LogP contribution in [0.25, 0.3) is 0 Å². The van der Waals surface area contributed by atoms with E-state index in [9.17, 15) is 4.79 Å². The second-order valence-corrected chi connectivity index (χ2v) is 6.86. The van der Waals surface area contributed by atoms with Crippen molar-refractivity contribution in [1.82, 2.24) is 4.57 Å². The van der Waals surface area contributed by atoms with E-state index in [-0.39, 0.29) is 11.0 Å². The smallest absolute Gasteiger partial charge is 0.265 e. The van der Waals surface area contributed by atoms with E-state index in [0.29, 0.717) is 16.7 Å². The van der Waals surface area contributed by atoms with Gasteiger partial charge in [-0.2, -0.15) is 0 Å². The summed E-state index contributed by atoms with van der Waals surface area (Å²) in [7, 11) is 0. The van der Waals surface area contributed by atoms with Gasteiger partial charge >= 0.3 is 0 Å². The summed E-state index contributed by atoms with van der Waals surface area (Å²) in [6.07, 6.45) is 1.67. The molecular weight excluding hydrogens is 316 g/mol. The second-order valence-electron chi connectivity index (χ2n) is 6.00. The molecule has 20 heavy (non-hydrogen) atoms. The van der Waals surface area contributed by atoms with Crippen molar-refractivity contribution in [3.8, 4) is 0 Å². The van der Waals surface area contributed by atoms with Crippen LogP contribution in [-0.2, 0) is 12.0 Å². The van der Waals surface area contributed by atoms with Crippen LogP contribution in [0.2, 0.25) is 0 Å². The number of nitrogens with two attached hydrogens (primary N) is 1. The number of benzene rings is 1. The normalized spacial score (nSPS) is 11.6. The molecule has 0 radical (unpaired) electrons. The Balaban J connectivity index is 2.29. The molecule has 0 amide bonds. The Morgan fingerprint density at radius 2 is 1.80 bits per heavy atom. The van der Waals surface area contributed by atoms with Gasteiger partial charge in [-0.05, 0) is 38.5 Å². The zero-order valence-corrected chi connectivity index (χ0v) is 13.6. The van der Waals surface area contributed by atoms with Gasteiger partial charge in [-0.25, -0.2) is 0 Å². The molecule has 0 fully saturated rings. The number of aromatic nitrogens is 1. The quantitative estimate of drug-likeness (QED) is 0.913. The SMILES string of the molecule is CC(C)(C)c1ccc(Cn2cc(N)cc(Br)c2=O)cc1. The fraction of sp³-hybridized carbons (Fsp3) is 0.312. The van der Waals surface area contributed by atoms with Crippen molar-refractivity contribution >= 4 is 21.6 Å². The van der Waals surface area contributed by atoms with Crippen LogP contribution in [-0.4, -0.2) is 4.57 Å². The van der Waals surface area contributed by atoms with Crippen LogP contribution in [0.15, 0.2) is 45.8 Å². The lowest BCUT2D eigenvalue weighted by Crippen LogP contribution is -2.21.